The van der Waals surface area contributed by atoms with Gasteiger partial charge in [-0.05, 0) is 25.0 Å². The molecule has 0 aliphatic heterocycles. The molecule has 3 rings (SSSR count). The van der Waals surface area contributed by atoms with Crippen LogP contribution in [0.25, 0.3) is 0 Å². The highest BCUT2D eigenvalue weighted by Crippen LogP contribution is 2.38. The van der Waals surface area contributed by atoms with Crippen molar-refractivity contribution in [2.45, 2.75) is 31.7 Å². The number of nitrogens with one attached hydrogen (secondary N) is 1. The average Bonchev–Trinajstić information content (AvgIpc) is 3.15. The number of carbonyl (C=O) groups excluding carboxylic acids is 1. The number of thiophene rings is 1. The Kier molecular flexibility index (Phi) is 4.56. The lowest BCUT2D eigenvalue weighted by atomic mass is 10.1. The highest BCUT2D eigenvalue weighted by atomic mass is 35.5. The van der Waals surface area contributed by atoms with E-state index in [9.17, 15) is 10.1 Å². The van der Waals surface area contributed by atoms with Gasteiger partial charge in [-0.15, -0.1) is 11.3 Å². The van der Waals surface area contributed by atoms with Crippen molar-refractivity contribution >= 4 is 39.4 Å². The smallest absolute Gasteiger partial charge is 0.205 e. The number of carbonyl (C=O) groups is 1. The van der Waals surface area contributed by atoms with Crippen LogP contribution in [0.15, 0.2) is 24.3 Å². The Balaban J connectivity index is 1.94. The van der Waals surface area contributed by atoms with Crippen molar-refractivity contribution in [3.8, 4) is 6.07 Å². The van der Waals surface area contributed by atoms with Gasteiger partial charge in [0.2, 0.25) is 5.78 Å². The predicted octanol–water partition coefficient (Wildman–Crippen LogP) is 4.44. The molecule has 6 heteroatoms. The molecular formula is C17H16ClN3OS. The van der Waals surface area contributed by atoms with E-state index in [-0.39, 0.29) is 11.5 Å². The van der Waals surface area contributed by atoms with Crippen LogP contribution in [0, 0.1) is 11.3 Å². The van der Waals surface area contributed by atoms with Crippen molar-refractivity contribution in [2.75, 3.05) is 11.1 Å². The van der Waals surface area contributed by atoms with Crippen molar-refractivity contribution in [3.05, 3.63) is 45.3 Å². The van der Waals surface area contributed by atoms with Crippen molar-refractivity contribution in [3.63, 3.8) is 0 Å². The minimum atomic E-state index is -0.203. The van der Waals surface area contributed by atoms with Gasteiger partial charge in [0.05, 0.1) is 5.69 Å². The highest BCUT2D eigenvalue weighted by Gasteiger charge is 2.24. The van der Waals surface area contributed by atoms with Crippen LogP contribution in [0.3, 0.4) is 0 Å². The van der Waals surface area contributed by atoms with Gasteiger partial charge >= 0.3 is 0 Å². The second-order valence-electron chi connectivity index (χ2n) is 5.63. The third-order valence-electron chi connectivity index (χ3n) is 4.04. The van der Waals surface area contributed by atoms with Crippen LogP contribution >= 0.6 is 22.9 Å². The molecule has 1 fully saturated rings. The number of nitrogen functional groups attached to an aromatic ring is 1. The molecule has 0 bridgehead atoms. The van der Waals surface area contributed by atoms with Gasteiger partial charge in [0.1, 0.15) is 21.5 Å². The minimum absolute atomic E-state index is 0.203. The second-order valence-corrected chi connectivity index (χ2v) is 7.08. The van der Waals surface area contributed by atoms with Crippen LogP contribution in [0.1, 0.15) is 46.5 Å². The summed E-state index contributed by atoms with van der Waals surface area (Å²) < 4.78 is 0. The fourth-order valence-corrected chi connectivity index (χ4v) is 4.14. The molecule has 1 heterocycles. The average molecular weight is 346 g/mol. The van der Waals surface area contributed by atoms with E-state index in [4.69, 9.17) is 17.3 Å². The fourth-order valence-electron chi connectivity index (χ4n) is 2.84. The zero-order valence-corrected chi connectivity index (χ0v) is 14.0. The maximum atomic E-state index is 12.7. The maximum Gasteiger partial charge on any atom is 0.205 e. The molecular weight excluding hydrogens is 330 g/mol. The highest BCUT2D eigenvalue weighted by molar-refractivity contribution is 7.19. The lowest BCUT2D eigenvalue weighted by molar-refractivity contribution is 0.104. The number of nitrogens with zero attached hydrogens (tertiary/aromatic N) is 1. The largest absolute Gasteiger partial charge is 0.396 e. The van der Waals surface area contributed by atoms with Gasteiger partial charge in [-0.25, -0.2) is 0 Å². The zero-order valence-electron chi connectivity index (χ0n) is 12.4. The lowest BCUT2D eigenvalue weighted by Gasteiger charge is -2.11. The maximum absolute atomic E-state index is 12.7. The number of anilines is 2. The van der Waals surface area contributed by atoms with E-state index in [1.54, 1.807) is 24.3 Å². The van der Waals surface area contributed by atoms with Gasteiger partial charge in [-0.3, -0.25) is 4.79 Å². The summed E-state index contributed by atoms with van der Waals surface area (Å²) in [5, 5.41) is 14.0. The molecule has 0 radical (unpaired) electrons. The summed E-state index contributed by atoms with van der Waals surface area (Å²) in [5.74, 6) is -0.203. The summed E-state index contributed by atoms with van der Waals surface area (Å²) in [6.45, 7) is 0. The molecule has 0 saturated heterocycles. The van der Waals surface area contributed by atoms with Gasteiger partial charge in [0.25, 0.3) is 0 Å². The minimum Gasteiger partial charge on any atom is -0.396 e. The summed E-state index contributed by atoms with van der Waals surface area (Å²) in [6.07, 6.45) is 4.55. The molecule has 2 aromatic rings. The Bertz CT molecular complexity index is 788. The quantitative estimate of drug-likeness (QED) is 0.803. The second kappa shape index (κ2) is 6.61. The number of nitrogens with two attached hydrogens (primary N) is 1. The number of halogens is 1. The van der Waals surface area contributed by atoms with Crippen LogP contribution in [-0.4, -0.2) is 11.8 Å². The first-order chi connectivity index (χ1) is 11.1. The summed E-state index contributed by atoms with van der Waals surface area (Å²) in [5.41, 5.74) is 7.15. The van der Waals surface area contributed by atoms with Crippen LogP contribution < -0.4 is 11.1 Å². The van der Waals surface area contributed by atoms with E-state index < -0.39 is 0 Å². The Morgan fingerprint density at radius 2 is 2.13 bits per heavy atom. The molecule has 1 saturated carbocycles. The fraction of sp³-hybridized carbons (Fsp3) is 0.294. The molecule has 1 aliphatic carbocycles. The standard InChI is InChI=1S/C17H16ClN3OS/c18-11-5-3-4-10(8-11)15(22)16-14(20)13(9-19)17(23-16)21-12-6-1-2-7-12/h3-5,8,12,21H,1-2,6-7,20H2. The molecule has 0 spiro atoms. The number of ketones is 1. The molecule has 4 nitrogen and oxygen atoms in total. The van der Waals surface area contributed by atoms with Gasteiger partial charge in [-0.1, -0.05) is 36.6 Å². The van der Waals surface area contributed by atoms with Crippen molar-refractivity contribution in [1.29, 1.82) is 5.26 Å². The number of rotatable bonds is 4. The van der Waals surface area contributed by atoms with E-state index in [2.05, 4.69) is 11.4 Å². The van der Waals surface area contributed by atoms with Crippen LogP contribution in [0.5, 0.6) is 0 Å². The van der Waals surface area contributed by atoms with E-state index in [1.807, 2.05) is 0 Å². The van der Waals surface area contributed by atoms with Gasteiger partial charge in [0.15, 0.2) is 0 Å². The zero-order chi connectivity index (χ0) is 16.4. The van der Waals surface area contributed by atoms with E-state index >= 15 is 0 Å². The molecule has 0 unspecified atom stereocenters. The van der Waals surface area contributed by atoms with Crippen LogP contribution in [0.2, 0.25) is 5.02 Å². The SMILES string of the molecule is N#Cc1c(NC2CCCC2)sc(C(=O)c2cccc(Cl)c2)c1N. The third-order valence-corrected chi connectivity index (χ3v) is 5.41. The summed E-state index contributed by atoms with van der Waals surface area (Å²) in [7, 11) is 0. The van der Waals surface area contributed by atoms with E-state index in [1.165, 1.54) is 24.2 Å². The molecule has 0 amide bonds. The third kappa shape index (κ3) is 3.19. The molecule has 3 N–H and O–H groups in total. The van der Waals surface area contributed by atoms with Gasteiger partial charge in [-0.2, -0.15) is 5.26 Å². The molecule has 1 aliphatic rings. The molecule has 118 valence electrons. The monoisotopic (exact) mass is 345 g/mol. The van der Waals surface area contributed by atoms with E-state index in [0.29, 0.717) is 32.1 Å². The number of benzene rings is 1. The first kappa shape index (κ1) is 15.9. The van der Waals surface area contributed by atoms with Crippen molar-refractivity contribution < 1.29 is 4.79 Å². The van der Waals surface area contributed by atoms with Gasteiger partial charge in [0, 0.05) is 16.6 Å². The molecule has 1 aromatic heterocycles. The molecule has 23 heavy (non-hydrogen) atoms. The number of hydrogen-bond acceptors (Lipinski definition) is 5. The van der Waals surface area contributed by atoms with Crippen molar-refractivity contribution in [2.24, 2.45) is 0 Å². The van der Waals surface area contributed by atoms with E-state index in [0.717, 1.165) is 12.8 Å². The van der Waals surface area contributed by atoms with Crippen LogP contribution in [-0.2, 0) is 0 Å². The Morgan fingerprint density at radius 3 is 2.78 bits per heavy atom. The number of nitriles is 1. The van der Waals surface area contributed by atoms with Gasteiger partial charge < -0.3 is 11.1 Å². The summed E-state index contributed by atoms with van der Waals surface area (Å²) >= 11 is 7.20. The first-order valence-electron chi connectivity index (χ1n) is 7.49. The molecule has 0 atom stereocenters. The topological polar surface area (TPSA) is 78.9 Å². The summed E-state index contributed by atoms with van der Waals surface area (Å²) in [4.78, 5) is 13.1. The lowest BCUT2D eigenvalue weighted by Crippen LogP contribution is -2.14. The molecule has 1 aromatic carbocycles. The normalized spacial score (nSPS) is 14.6. The number of hydrogen-bond donors (Lipinski definition) is 2. The Morgan fingerprint density at radius 1 is 1.39 bits per heavy atom. The van der Waals surface area contributed by atoms with Crippen molar-refractivity contribution in [1.82, 2.24) is 0 Å². The summed E-state index contributed by atoms with van der Waals surface area (Å²) in [6, 6.07) is 9.22. The van der Waals surface area contributed by atoms with Crippen LogP contribution in [0.4, 0.5) is 10.7 Å². The Hall–Kier alpha value is -2.03. The predicted molar refractivity (Wildman–Crippen MR) is 94.2 cm³/mol. The Labute approximate surface area is 143 Å². The first-order valence-corrected chi connectivity index (χ1v) is 8.68.